The Morgan fingerprint density at radius 1 is 1.73 bits per heavy atom. The van der Waals surface area contributed by atoms with E-state index in [0.717, 1.165) is 4.47 Å². The fourth-order valence-electron chi connectivity index (χ4n) is 0.678. The van der Waals surface area contributed by atoms with Crippen molar-refractivity contribution in [3.8, 4) is 0 Å². The van der Waals surface area contributed by atoms with Gasteiger partial charge in [0.15, 0.2) is 0 Å². The molecular formula is C8H6BrO2. The van der Waals surface area contributed by atoms with Gasteiger partial charge in [0.1, 0.15) is 0 Å². The molecule has 0 N–H and O–H groups in total. The lowest BCUT2D eigenvalue weighted by molar-refractivity contribution is 0.0599. The van der Waals surface area contributed by atoms with Gasteiger partial charge < -0.3 is 4.74 Å². The molecular weight excluding hydrogens is 208 g/mol. The second-order valence-corrected chi connectivity index (χ2v) is 2.75. The van der Waals surface area contributed by atoms with E-state index >= 15 is 0 Å². The first-order valence-electron chi connectivity index (χ1n) is 2.99. The maximum atomic E-state index is 11.0. The molecule has 1 radical (unpaired) electrons. The molecule has 0 aliphatic carbocycles. The van der Waals surface area contributed by atoms with Crippen LogP contribution in [0.25, 0.3) is 0 Å². The molecule has 0 saturated carbocycles. The van der Waals surface area contributed by atoms with Gasteiger partial charge in [-0.3, -0.25) is 0 Å². The highest BCUT2D eigenvalue weighted by molar-refractivity contribution is 9.10. The van der Waals surface area contributed by atoms with Crippen molar-refractivity contribution in [2.45, 2.75) is 0 Å². The lowest BCUT2D eigenvalue weighted by Crippen LogP contribution is -2.01. The molecule has 0 aromatic heterocycles. The van der Waals surface area contributed by atoms with Crippen LogP contribution in [-0.4, -0.2) is 13.1 Å². The molecule has 0 saturated heterocycles. The molecule has 0 bridgehead atoms. The Morgan fingerprint density at radius 2 is 2.45 bits per heavy atom. The quantitative estimate of drug-likeness (QED) is 0.668. The highest BCUT2D eigenvalue weighted by Gasteiger charge is 2.07. The van der Waals surface area contributed by atoms with E-state index in [0.29, 0.717) is 5.56 Å². The third kappa shape index (κ3) is 1.80. The predicted octanol–water partition coefficient (Wildman–Crippen LogP) is 2.04. The number of hydrogen-bond acceptors (Lipinski definition) is 2. The van der Waals surface area contributed by atoms with Crippen molar-refractivity contribution in [2.24, 2.45) is 0 Å². The predicted molar refractivity (Wildman–Crippen MR) is 44.3 cm³/mol. The van der Waals surface area contributed by atoms with Crippen LogP contribution in [0.5, 0.6) is 0 Å². The summed E-state index contributed by atoms with van der Waals surface area (Å²) in [5.74, 6) is -0.353. The van der Waals surface area contributed by atoms with E-state index in [1.165, 1.54) is 7.11 Å². The van der Waals surface area contributed by atoms with Gasteiger partial charge in [0, 0.05) is 4.47 Å². The second-order valence-electron chi connectivity index (χ2n) is 1.90. The Morgan fingerprint density at radius 3 is 3.00 bits per heavy atom. The largest absolute Gasteiger partial charge is 0.465 e. The van der Waals surface area contributed by atoms with Gasteiger partial charge in [-0.1, -0.05) is 6.07 Å². The lowest BCUT2D eigenvalue weighted by atomic mass is 10.2. The van der Waals surface area contributed by atoms with Crippen molar-refractivity contribution in [1.29, 1.82) is 0 Å². The monoisotopic (exact) mass is 213 g/mol. The number of rotatable bonds is 1. The Balaban J connectivity index is 3.03. The van der Waals surface area contributed by atoms with Crippen LogP contribution in [-0.2, 0) is 4.74 Å². The number of carbonyl (C=O) groups excluding carboxylic acids is 1. The standard InChI is InChI=1S/C8H6BrO2/c1-11-8(10)6-4-2-3-5-7(6)9/h3-5H,1H3. The fourth-order valence-corrected chi connectivity index (χ4v) is 1.09. The number of esters is 1. The topological polar surface area (TPSA) is 26.3 Å². The number of ether oxygens (including phenoxy) is 1. The maximum Gasteiger partial charge on any atom is 0.339 e. The molecule has 0 heterocycles. The van der Waals surface area contributed by atoms with E-state index in [9.17, 15) is 4.79 Å². The normalized spacial score (nSPS) is 9.27. The van der Waals surface area contributed by atoms with Gasteiger partial charge in [-0.25, -0.2) is 4.79 Å². The van der Waals surface area contributed by atoms with Crippen LogP contribution in [0, 0.1) is 6.07 Å². The lowest BCUT2D eigenvalue weighted by Gasteiger charge is -1.99. The molecule has 57 valence electrons. The zero-order valence-electron chi connectivity index (χ0n) is 5.93. The Bertz CT molecular complexity index is 271. The molecule has 0 aliphatic rings. The molecule has 0 amide bonds. The highest BCUT2D eigenvalue weighted by Crippen LogP contribution is 2.15. The molecule has 0 unspecified atom stereocenters. The van der Waals surface area contributed by atoms with E-state index in [1.807, 2.05) is 0 Å². The maximum absolute atomic E-state index is 11.0. The van der Waals surface area contributed by atoms with Crippen LogP contribution in [0.15, 0.2) is 22.7 Å². The molecule has 0 spiro atoms. The number of methoxy groups -OCH3 is 1. The third-order valence-corrected chi connectivity index (χ3v) is 1.91. The zero-order chi connectivity index (χ0) is 8.27. The number of hydrogen-bond donors (Lipinski definition) is 0. The van der Waals surface area contributed by atoms with Crippen LogP contribution < -0.4 is 0 Å². The van der Waals surface area contributed by atoms with Crippen LogP contribution in [0.1, 0.15) is 10.4 Å². The van der Waals surface area contributed by atoms with Crippen LogP contribution in [0.4, 0.5) is 0 Å². The molecule has 1 aromatic rings. The summed E-state index contributed by atoms with van der Waals surface area (Å²) >= 11 is 3.22. The third-order valence-electron chi connectivity index (χ3n) is 1.22. The summed E-state index contributed by atoms with van der Waals surface area (Å²) in [5, 5.41) is 0. The summed E-state index contributed by atoms with van der Waals surface area (Å²) < 4.78 is 5.25. The van der Waals surface area contributed by atoms with Crippen LogP contribution in [0.3, 0.4) is 0 Å². The molecule has 0 fully saturated rings. The summed E-state index contributed by atoms with van der Waals surface area (Å²) in [4.78, 5) is 11.0. The first-order chi connectivity index (χ1) is 5.25. The van der Waals surface area contributed by atoms with E-state index in [2.05, 4.69) is 26.7 Å². The smallest absolute Gasteiger partial charge is 0.339 e. The fraction of sp³-hybridized carbons (Fsp3) is 0.125. The van der Waals surface area contributed by atoms with Gasteiger partial charge in [-0.05, 0) is 34.1 Å². The summed E-state index contributed by atoms with van der Waals surface area (Å²) in [5.41, 5.74) is 0.495. The first-order valence-corrected chi connectivity index (χ1v) is 3.79. The average Bonchev–Trinajstić information content (AvgIpc) is 2.04. The number of carbonyl (C=O) groups is 1. The minimum atomic E-state index is -0.353. The molecule has 1 aromatic carbocycles. The van der Waals surface area contributed by atoms with Crippen molar-refractivity contribution in [3.63, 3.8) is 0 Å². The molecule has 2 nitrogen and oxygen atoms in total. The Kier molecular flexibility index (Phi) is 2.65. The van der Waals surface area contributed by atoms with Crippen molar-refractivity contribution in [1.82, 2.24) is 0 Å². The van der Waals surface area contributed by atoms with Crippen molar-refractivity contribution in [2.75, 3.05) is 7.11 Å². The molecule has 0 atom stereocenters. The molecule has 0 aliphatic heterocycles. The van der Waals surface area contributed by atoms with Crippen molar-refractivity contribution >= 4 is 21.9 Å². The minimum absolute atomic E-state index is 0.353. The van der Waals surface area contributed by atoms with E-state index < -0.39 is 0 Å². The number of halogens is 1. The second kappa shape index (κ2) is 3.53. The SMILES string of the molecule is COC(=O)c1c[c]ccc1Br. The minimum Gasteiger partial charge on any atom is -0.465 e. The van der Waals surface area contributed by atoms with Gasteiger partial charge in [-0.15, -0.1) is 0 Å². The highest BCUT2D eigenvalue weighted by atomic mass is 79.9. The molecule has 3 heteroatoms. The molecule has 11 heavy (non-hydrogen) atoms. The van der Waals surface area contributed by atoms with Gasteiger partial charge in [0.25, 0.3) is 0 Å². The van der Waals surface area contributed by atoms with Crippen molar-refractivity contribution < 1.29 is 9.53 Å². The van der Waals surface area contributed by atoms with Gasteiger partial charge in [-0.2, -0.15) is 0 Å². The summed E-state index contributed by atoms with van der Waals surface area (Å²) in [7, 11) is 1.35. The van der Waals surface area contributed by atoms with Crippen LogP contribution in [0.2, 0.25) is 0 Å². The van der Waals surface area contributed by atoms with Gasteiger partial charge in [0.05, 0.1) is 12.7 Å². The zero-order valence-corrected chi connectivity index (χ0v) is 7.51. The van der Waals surface area contributed by atoms with E-state index in [4.69, 9.17) is 0 Å². The Hall–Kier alpha value is -0.830. The van der Waals surface area contributed by atoms with Crippen LogP contribution >= 0.6 is 15.9 Å². The average molecular weight is 214 g/mol. The van der Waals surface area contributed by atoms with Gasteiger partial charge >= 0.3 is 5.97 Å². The van der Waals surface area contributed by atoms with E-state index in [-0.39, 0.29) is 5.97 Å². The first kappa shape index (κ1) is 8.27. The molecule has 1 rings (SSSR count). The summed E-state index contributed by atoms with van der Waals surface area (Å²) in [6.07, 6.45) is 0. The van der Waals surface area contributed by atoms with E-state index in [1.54, 1.807) is 18.2 Å². The summed E-state index contributed by atoms with van der Waals surface area (Å²) in [6, 6.07) is 7.83. The number of benzene rings is 1. The van der Waals surface area contributed by atoms with Gasteiger partial charge in [0.2, 0.25) is 0 Å². The van der Waals surface area contributed by atoms with Crippen molar-refractivity contribution in [3.05, 3.63) is 34.3 Å². The Labute approximate surface area is 73.3 Å². The summed E-state index contributed by atoms with van der Waals surface area (Å²) in [6.45, 7) is 0.